The van der Waals surface area contributed by atoms with Crippen molar-refractivity contribution in [3.8, 4) is 11.1 Å². The molecule has 2 N–H and O–H groups in total. The highest BCUT2D eigenvalue weighted by Crippen LogP contribution is 2.33. The van der Waals surface area contributed by atoms with Crippen LogP contribution in [0.2, 0.25) is 0 Å². The van der Waals surface area contributed by atoms with Crippen molar-refractivity contribution in [1.29, 1.82) is 0 Å². The number of benzene rings is 2. The maximum atomic E-state index is 12.2. The van der Waals surface area contributed by atoms with Gasteiger partial charge in [0, 0.05) is 17.9 Å². The predicted molar refractivity (Wildman–Crippen MR) is 131 cm³/mol. The number of nitrogens with two attached hydrogens (primary N) is 1. The zero-order chi connectivity index (χ0) is 23.3. The van der Waals surface area contributed by atoms with Crippen molar-refractivity contribution in [2.75, 3.05) is 7.11 Å². The maximum Gasteiger partial charge on any atom is 0.338 e. The molecule has 32 heavy (non-hydrogen) atoms. The third-order valence-electron chi connectivity index (χ3n) is 5.90. The zero-order valence-electron chi connectivity index (χ0n) is 19.9. The molecule has 0 unspecified atom stereocenters. The maximum absolute atomic E-state index is 12.2. The summed E-state index contributed by atoms with van der Waals surface area (Å²) in [5.41, 5.74) is 15.9. The lowest BCUT2D eigenvalue weighted by Gasteiger charge is -2.21. The number of methoxy groups -OCH3 is 1. The quantitative estimate of drug-likeness (QED) is 0.473. The summed E-state index contributed by atoms with van der Waals surface area (Å²) < 4.78 is 4.98. The van der Waals surface area contributed by atoms with E-state index in [0.717, 1.165) is 41.8 Å². The fourth-order valence-corrected chi connectivity index (χ4v) is 4.30. The lowest BCUT2D eigenvalue weighted by molar-refractivity contribution is 0.0599. The van der Waals surface area contributed by atoms with Gasteiger partial charge in [0.05, 0.1) is 12.7 Å². The van der Waals surface area contributed by atoms with Crippen LogP contribution in [0.15, 0.2) is 48.5 Å². The Balaban J connectivity index is 2.11. The molecule has 4 nitrogen and oxygen atoms in total. The molecule has 3 rings (SSSR count). The van der Waals surface area contributed by atoms with Gasteiger partial charge in [-0.05, 0) is 72.9 Å². The fourth-order valence-electron chi connectivity index (χ4n) is 4.30. The Kier molecular flexibility index (Phi) is 7.81. The van der Waals surface area contributed by atoms with E-state index in [1.807, 2.05) is 24.3 Å². The molecule has 0 spiro atoms. The fraction of sp³-hybridized carbons (Fsp3) is 0.357. The van der Waals surface area contributed by atoms with Crippen LogP contribution >= 0.6 is 0 Å². The Morgan fingerprint density at radius 1 is 1.00 bits per heavy atom. The second-order valence-electron chi connectivity index (χ2n) is 8.79. The van der Waals surface area contributed by atoms with E-state index in [0.29, 0.717) is 18.0 Å². The number of nitrogens with zero attached hydrogens (tertiary/aromatic N) is 1. The van der Waals surface area contributed by atoms with Gasteiger partial charge >= 0.3 is 5.97 Å². The van der Waals surface area contributed by atoms with Crippen LogP contribution in [-0.2, 0) is 30.5 Å². The first-order valence-electron chi connectivity index (χ1n) is 11.3. The molecule has 168 valence electrons. The van der Waals surface area contributed by atoms with Gasteiger partial charge < -0.3 is 10.5 Å². The topological polar surface area (TPSA) is 65.2 Å². The predicted octanol–water partition coefficient (Wildman–Crippen LogP) is 5.59. The molecule has 0 aliphatic rings. The van der Waals surface area contributed by atoms with E-state index in [4.69, 9.17) is 15.5 Å². The van der Waals surface area contributed by atoms with Crippen molar-refractivity contribution < 1.29 is 9.53 Å². The number of ether oxygens (including phenoxy) is 1. The van der Waals surface area contributed by atoms with Gasteiger partial charge in [0.15, 0.2) is 0 Å². The van der Waals surface area contributed by atoms with E-state index in [9.17, 15) is 4.79 Å². The zero-order valence-corrected chi connectivity index (χ0v) is 19.9. The van der Waals surface area contributed by atoms with Gasteiger partial charge in [-0.1, -0.05) is 61.9 Å². The van der Waals surface area contributed by atoms with E-state index in [2.05, 4.69) is 52.0 Å². The summed E-state index contributed by atoms with van der Waals surface area (Å²) in [6, 6.07) is 16.3. The summed E-state index contributed by atoms with van der Waals surface area (Å²) in [5.74, 6) is 0.194. The lowest BCUT2D eigenvalue weighted by Crippen LogP contribution is -2.14. The number of carbonyl (C=O) groups excluding carboxylic acids is 1. The number of hydrogen-bond acceptors (Lipinski definition) is 4. The number of aromatic nitrogens is 1. The Morgan fingerprint density at radius 2 is 1.69 bits per heavy atom. The van der Waals surface area contributed by atoms with Crippen LogP contribution < -0.4 is 5.73 Å². The molecular weight excluding hydrogens is 396 g/mol. The summed E-state index contributed by atoms with van der Waals surface area (Å²) in [6.45, 7) is 9.05. The third-order valence-corrected chi connectivity index (χ3v) is 5.90. The minimum Gasteiger partial charge on any atom is -0.465 e. The smallest absolute Gasteiger partial charge is 0.338 e. The van der Waals surface area contributed by atoms with Gasteiger partial charge in [0.1, 0.15) is 0 Å². The largest absolute Gasteiger partial charge is 0.465 e. The van der Waals surface area contributed by atoms with Crippen molar-refractivity contribution >= 4 is 5.97 Å². The summed E-state index contributed by atoms with van der Waals surface area (Å²) in [6.07, 6.45) is 2.39. The molecule has 0 bridgehead atoms. The Bertz CT molecular complexity index is 1090. The second-order valence-corrected chi connectivity index (χ2v) is 8.79. The molecule has 0 amide bonds. The number of aryl methyl sites for hydroxylation is 3. The van der Waals surface area contributed by atoms with Crippen LogP contribution in [0, 0.1) is 19.8 Å². The molecule has 1 aromatic heterocycles. The average molecular weight is 431 g/mol. The van der Waals surface area contributed by atoms with Gasteiger partial charge in [-0.15, -0.1) is 0 Å². The van der Waals surface area contributed by atoms with Crippen LogP contribution in [0.25, 0.3) is 11.1 Å². The number of hydrogen-bond donors (Lipinski definition) is 1. The molecule has 0 saturated heterocycles. The first-order chi connectivity index (χ1) is 15.3. The molecule has 4 heteroatoms. The molecule has 0 aliphatic heterocycles. The van der Waals surface area contributed by atoms with E-state index in [1.54, 1.807) is 0 Å². The van der Waals surface area contributed by atoms with E-state index in [1.165, 1.54) is 29.4 Å². The highest BCUT2D eigenvalue weighted by molar-refractivity contribution is 5.91. The summed E-state index contributed by atoms with van der Waals surface area (Å²) in [4.78, 5) is 17.2. The summed E-state index contributed by atoms with van der Waals surface area (Å²) in [5, 5.41) is 0. The van der Waals surface area contributed by atoms with Crippen molar-refractivity contribution in [2.45, 2.75) is 53.5 Å². The molecule has 0 atom stereocenters. The van der Waals surface area contributed by atoms with Crippen molar-refractivity contribution in [1.82, 2.24) is 4.98 Å². The van der Waals surface area contributed by atoms with Crippen LogP contribution in [0.3, 0.4) is 0 Å². The molecule has 0 fully saturated rings. The molecule has 3 aromatic rings. The molecule has 2 aromatic carbocycles. The minimum absolute atomic E-state index is 0.302. The van der Waals surface area contributed by atoms with Crippen LogP contribution in [0.4, 0.5) is 0 Å². The first kappa shape index (κ1) is 23.7. The monoisotopic (exact) mass is 430 g/mol. The highest BCUT2D eigenvalue weighted by Gasteiger charge is 2.20. The van der Waals surface area contributed by atoms with Crippen molar-refractivity contribution in [2.24, 2.45) is 11.7 Å². The second kappa shape index (κ2) is 10.6. The number of pyridine rings is 1. The molecule has 1 heterocycles. The van der Waals surface area contributed by atoms with Gasteiger partial charge in [0.25, 0.3) is 0 Å². The Hall–Kier alpha value is -2.98. The highest BCUT2D eigenvalue weighted by atomic mass is 16.5. The van der Waals surface area contributed by atoms with E-state index in [-0.39, 0.29) is 5.97 Å². The van der Waals surface area contributed by atoms with Gasteiger partial charge in [-0.3, -0.25) is 4.98 Å². The Labute approximate surface area is 191 Å². The summed E-state index contributed by atoms with van der Waals surface area (Å²) >= 11 is 0. The van der Waals surface area contributed by atoms with Gasteiger partial charge in [-0.2, -0.15) is 0 Å². The summed E-state index contributed by atoms with van der Waals surface area (Å²) in [7, 11) is 1.42. The molecule has 0 aliphatic carbocycles. The standard InChI is InChI=1S/C28H34N2O2/c1-18(2)16-26-25(17-29)27(22-12-10-19(3)11-13-22)23(20(4)30-26)15-14-21-8-6-7-9-24(21)28(31)32-5/h6-13,18H,14-17,29H2,1-5H3. The van der Waals surface area contributed by atoms with Crippen molar-refractivity contribution in [3.63, 3.8) is 0 Å². The number of carbonyl (C=O) groups is 1. The van der Waals surface area contributed by atoms with Crippen LogP contribution in [0.1, 0.15) is 57.8 Å². The average Bonchev–Trinajstić information content (AvgIpc) is 2.78. The number of rotatable bonds is 8. The third kappa shape index (κ3) is 5.25. The molecular formula is C28H34N2O2. The van der Waals surface area contributed by atoms with Crippen LogP contribution in [0.5, 0.6) is 0 Å². The van der Waals surface area contributed by atoms with E-state index < -0.39 is 0 Å². The Morgan fingerprint density at radius 3 is 2.31 bits per heavy atom. The van der Waals surface area contributed by atoms with Crippen LogP contribution in [-0.4, -0.2) is 18.1 Å². The van der Waals surface area contributed by atoms with Gasteiger partial charge in [0.2, 0.25) is 0 Å². The lowest BCUT2D eigenvalue weighted by atomic mass is 9.87. The first-order valence-corrected chi connectivity index (χ1v) is 11.3. The SMILES string of the molecule is COC(=O)c1ccccc1CCc1c(C)nc(CC(C)C)c(CN)c1-c1ccc(C)cc1. The van der Waals surface area contributed by atoms with Gasteiger partial charge in [-0.25, -0.2) is 4.79 Å². The number of esters is 1. The van der Waals surface area contributed by atoms with Crippen molar-refractivity contribution in [3.05, 3.63) is 87.7 Å². The normalized spacial score (nSPS) is 11.1. The minimum atomic E-state index is -0.302. The molecule has 0 saturated carbocycles. The molecule has 0 radical (unpaired) electrons. The van der Waals surface area contributed by atoms with E-state index >= 15 is 0 Å².